The van der Waals surface area contributed by atoms with Crippen molar-refractivity contribution in [2.24, 2.45) is 11.8 Å². The Hall–Kier alpha value is -2.34. The molecule has 0 spiro atoms. The first-order valence-corrected chi connectivity index (χ1v) is 11.8. The number of carbonyl (C=O) groups is 1. The summed E-state index contributed by atoms with van der Waals surface area (Å²) in [6.07, 6.45) is 3.68. The fourth-order valence-electron chi connectivity index (χ4n) is 7.12. The van der Waals surface area contributed by atoms with Crippen LogP contribution < -0.4 is 10.6 Å². The number of anilines is 1. The summed E-state index contributed by atoms with van der Waals surface area (Å²) in [7, 11) is 0. The van der Waals surface area contributed by atoms with E-state index in [9.17, 15) is 20.1 Å². The Labute approximate surface area is 190 Å². The molecule has 5 aliphatic rings. The summed E-state index contributed by atoms with van der Waals surface area (Å²) in [5.41, 5.74) is 0.136. The van der Waals surface area contributed by atoms with Gasteiger partial charge in [-0.3, -0.25) is 9.36 Å². The van der Waals surface area contributed by atoms with Crippen LogP contribution in [0, 0.1) is 11.8 Å². The Kier molecular flexibility index (Phi) is 4.71. The molecule has 4 saturated carbocycles. The molecule has 11 heteroatoms. The summed E-state index contributed by atoms with van der Waals surface area (Å²) >= 11 is 0. The van der Waals surface area contributed by atoms with E-state index in [1.54, 1.807) is 6.92 Å². The van der Waals surface area contributed by atoms with E-state index in [0.29, 0.717) is 41.8 Å². The fraction of sp³-hybridized carbons (Fsp3) is 0.727. The van der Waals surface area contributed by atoms with E-state index in [1.807, 2.05) is 0 Å². The van der Waals surface area contributed by atoms with Crippen molar-refractivity contribution in [1.29, 1.82) is 0 Å². The van der Waals surface area contributed by atoms with Gasteiger partial charge in [-0.1, -0.05) is 0 Å². The highest BCUT2D eigenvalue weighted by Crippen LogP contribution is 2.58. The number of likely N-dealkylation sites (N-methyl/N-ethyl adjacent to an activating group) is 1. The second-order valence-corrected chi connectivity index (χ2v) is 10.5. The first-order chi connectivity index (χ1) is 15.8. The van der Waals surface area contributed by atoms with Crippen LogP contribution >= 0.6 is 0 Å². The predicted molar refractivity (Wildman–Crippen MR) is 116 cm³/mol. The molecule has 2 aromatic rings. The molecule has 1 amide bonds. The smallest absolute Gasteiger partial charge is 0.252 e. The molecule has 33 heavy (non-hydrogen) atoms. The van der Waals surface area contributed by atoms with Crippen LogP contribution in [0.3, 0.4) is 0 Å². The number of nitrogens with zero attached hydrogens (tertiary/aromatic N) is 4. The number of fused-ring (bicyclic) bond motifs is 1. The average Bonchev–Trinajstić information content (AvgIpc) is 3.28. The van der Waals surface area contributed by atoms with Gasteiger partial charge in [0.15, 0.2) is 29.3 Å². The number of hydrogen-bond acceptors (Lipinski definition) is 9. The van der Waals surface area contributed by atoms with E-state index < -0.39 is 36.0 Å². The summed E-state index contributed by atoms with van der Waals surface area (Å²) < 4.78 is 7.27. The third-order valence-corrected chi connectivity index (χ3v) is 7.89. The summed E-state index contributed by atoms with van der Waals surface area (Å²) in [4.78, 5) is 25.5. The van der Waals surface area contributed by atoms with Crippen molar-refractivity contribution >= 4 is 22.9 Å². The molecule has 4 aliphatic carbocycles. The maximum Gasteiger partial charge on any atom is 0.252 e. The Balaban J connectivity index is 1.30. The minimum absolute atomic E-state index is 0.215. The van der Waals surface area contributed by atoms with Crippen molar-refractivity contribution < 1.29 is 24.9 Å². The van der Waals surface area contributed by atoms with Crippen LogP contribution in [0.1, 0.15) is 51.7 Å². The van der Waals surface area contributed by atoms with Crippen molar-refractivity contribution in [3.8, 4) is 0 Å². The molecule has 11 nitrogen and oxygen atoms in total. The van der Waals surface area contributed by atoms with Crippen LogP contribution in [0.2, 0.25) is 0 Å². The topological polar surface area (TPSA) is 155 Å². The van der Waals surface area contributed by atoms with E-state index in [-0.39, 0.29) is 5.54 Å². The number of rotatable bonds is 5. The van der Waals surface area contributed by atoms with E-state index in [2.05, 4.69) is 25.6 Å². The zero-order valence-electron chi connectivity index (χ0n) is 18.5. The molecule has 5 N–H and O–H groups in total. The van der Waals surface area contributed by atoms with E-state index >= 15 is 0 Å². The minimum atomic E-state index is -1.37. The lowest BCUT2D eigenvalue weighted by Crippen LogP contribution is -2.62. The number of aliphatic hydroxyl groups excluding tert-OH is 2. The number of imidazole rings is 1. The lowest BCUT2D eigenvalue weighted by molar-refractivity contribution is -0.137. The zero-order chi connectivity index (χ0) is 23.0. The Morgan fingerprint density at radius 3 is 2.64 bits per heavy atom. The highest BCUT2D eigenvalue weighted by atomic mass is 16.6. The number of ether oxygens (including phenoxy) is 1. The zero-order valence-corrected chi connectivity index (χ0v) is 18.5. The third kappa shape index (κ3) is 3.32. The van der Waals surface area contributed by atoms with Gasteiger partial charge in [-0.2, -0.15) is 0 Å². The molecule has 0 aromatic carbocycles. The van der Waals surface area contributed by atoms with Crippen molar-refractivity contribution in [3.63, 3.8) is 0 Å². The molecule has 178 valence electrons. The van der Waals surface area contributed by atoms with Gasteiger partial charge in [0.1, 0.15) is 18.5 Å². The van der Waals surface area contributed by atoms with E-state index in [0.717, 1.165) is 25.7 Å². The predicted octanol–water partition coefficient (Wildman–Crippen LogP) is 0.0772. The number of amides is 1. The van der Waals surface area contributed by atoms with Crippen molar-refractivity contribution in [1.82, 2.24) is 24.8 Å². The van der Waals surface area contributed by atoms with Crippen molar-refractivity contribution in [2.75, 3.05) is 11.9 Å². The molecular formula is C22H30N6O5. The van der Waals surface area contributed by atoms with Gasteiger partial charge in [-0.25, -0.2) is 15.0 Å². The van der Waals surface area contributed by atoms with Gasteiger partial charge in [0.05, 0.1) is 11.9 Å². The van der Waals surface area contributed by atoms with Gasteiger partial charge in [0, 0.05) is 12.1 Å². The number of hydrogen-bond donors (Lipinski definition) is 5. The van der Waals surface area contributed by atoms with Crippen molar-refractivity contribution in [2.45, 2.75) is 81.1 Å². The molecule has 1 saturated heterocycles. The molecule has 2 aromatic heterocycles. The number of aliphatic hydroxyl groups is 3. The van der Waals surface area contributed by atoms with Gasteiger partial charge in [0.25, 0.3) is 5.91 Å². The minimum Gasteiger partial charge on any atom is -0.390 e. The van der Waals surface area contributed by atoms with E-state index in [1.165, 1.54) is 23.6 Å². The summed E-state index contributed by atoms with van der Waals surface area (Å²) in [5.74, 6) is 1.15. The summed E-state index contributed by atoms with van der Waals surface area (Å²) in [5, 5.41) is 38.3. The monoisotopic (exact) mass is 458 g/mol. The second kappa shape index (κ2) is 7.33. The maximum atomic E-state index is 12.2. The molecular weight excluding hydrogens is 428 g/mol. The summed E-state index contributed by atoms with van der Waals surface area (Å²) in [6.45, 7) is 2.16. The molecule has 0 radical (unpaired) electrons. The highest BCUT2D eigenvalue weighted by molar-refractivity contribution is 5.84. The second-order valence-electron chi connectivity index (χ2n) is 10.5. The van der Waals surface area contributed by atoms with Crippen LogP contribution in [-0.4, -0.2) is 76.7 Å². The van der Waals surface area contributed by atoms with Gasteiger partial charge in [-0.15, -0.1) is 0 Å². The van der Waals surface area contributed by atoms with Gasteiger partial charge >= 0.3 is 0 Å². The van der Waals surface area contributed by atoms with Gasteiger partial charge < -0.3 is 30.7 Å². The Bertz CT molecular complexity index is 1080. The third-order valence-electron chi connectivity index (χ3n) is 7.89. The molecule has 7 rings (SSSR count). The maximum absolute atomic E-state index is 12.2. The Morgan fingerprint density at radius 1 is 1.18 bits per heavy atom. The molecule has 1 aliphatic heterocycles. The van der Waals surface area contributed by atoms with Gasteiger partial charge in [0.2, 0.25) is 0 Å². The number of carbonyl (C=O) groups excluding carboxylic acids is 1. The van der Waals surface area contributed by atoms with Gasteiger partial charge in [-0.05, 0) is 57.3 Å². The highest BCUT2D eigenvalue weighted by Gasteiger charge is 2.57. The standard InChI is InChI=1S/C22H30N6O5/c1-2-23-19(31)16-14(29)15(30)20(33-16)28-10-26-13-17(24-9-25-18(13)28)27-21-4-11-3-12(5-21)7-22(32,6-11)8-21/h9-12,14-16,20,29-30,32H,2-8H2,1H3,(H,23,31)(H,24,25,27)/t11?,12?,14-,15+,16-,20+,21?,22?/m0/s1. The molecule has 5 fully saturated rings. The van der Waals surface area contributed by atoms with Crippen LogP contribution in [0.5, 0.6) is 0 Å². The largest absolute Gasteiger partial charge is 0.390 e. The van der Waals surface area contributed by atoms with Crippen molar-refractivity contribution in [3.05, 3.63) is 12.7 Å². The first-order valence-electron chi connectivity index (χ1n) is 11.8. The average molecular weight is 459 g/mol. The quantitative estimate of drug-likeness (QED) is 0.419. The summed E-state index contributed by atoms with van der Waals surface area (Å²) in [6, 6.07) is 0. The fourth-order valence-corrected chi connectivity index (χ4v) is 7.12. The number of nitrogens with one attached hydrogen (secondary N) is 2. The molecule has 6 atom stereocenters. The number of aromatic nitrogens is 4. The van der Waals surface area contributed by atoms with E-state index in [4.69, 9.17) is 4.74 Å². The molecule has 2 unspecified atom stereocenters. The SMILES string of the molecule is CCNC(=O)[C@H]1O[C@@H](n2cnc3c(NC45CC6CC(CC(O)(C6)C4)C5)ncnc32)[C@H](O)[C@@H]1O. The normalized spacial score (nSPS) is 41.6. The first kappa shape index (κ1) is 21.2. The van der Waals surface area contributed by atoms with Crippen LogP contribution in [0.15, 0.2) is 12.7 Å². The molecule has 3 heterocycles. The van der Waals surface area contributed by atoms with Crippen LogP contribution in [0.4, 0.5) is 5.82 Å². The van der Waals surface area contributed by atoms with Crippen LogP contribution in [0.25, 0.3) is 11.2 Å². The van der Waals surface area contributed by atoms with Crippen LogP contribution in [-0.2, 0) is 9.53 Å². The lowest BCUT2D eigenvalue weighted by atomic mass is 9.51. The lowest BCUT2D eigenvalue weighted by Gasteiger charge is -2.60. The Morgan fingerprint density at radius 2 is 1.94 bits per heavy atom. The molecule has 4 bridgehead atoms.